The van der Waals surface area contributed by atoms with Crippen molar-refractivity contribution in [3.8, 4) is 0 Å². The van der Waals surface area contributed by atoms with E-state index >= 15 is 0 Å². The van der Waals surface area contributed by atoms with Crippen molar-refractivity contribution in [2.45, 2.75) is 0 Å². The molecule has 2 saturated carbocycles. The minimum absolute atomic E-state index is 0. The van der Waals surface area contributed by atoms with Gasteiger partial charge in [0.15, 0.2) is 0 Å². The Morgan fingerprint density at radius 1 is 0.933 bits per heavy atom. The van der Waals surface area contributed by atoms with Gasteiger partial charge in [-0.2, -0.15) is 0 Å². The molecule has 0 N–H and O–H groups in total. The van der Waals surface area contributed by atoms with Gasteiger partial charge in [0.2, 0.25) is 0 Å². The standard InChI is InChI=1S/C7H7O2.C5H5.Fe/c1-9-7(8)6-4-2-3-5-6;1-2-4-5-3-1;/h2-5H,1H3;1-5H;. The van der Waals surface area contributed by atoms with Crippen molar-refractivity contribution in [2.75, 3.05) is 7.11 Å². The molecule has 0 atom stereocenters. The number of carbonyl (C=O) groups is 1. The van der Waals surface area contributed by atoms with Crippen LogP contribution in [0.1, 0.15) is 0 Å². The number of esters is 1. The van der Waals surface area contributed by atoms with E-state index in [2.05, 4.69) is 4.74 Å². The van der Waals surface area contributed by atoms with Crippen LogP contribution in [0.3, 0.4) is 0 Å². The van der Waals surface area contributed by atoms with E-state index in [9.17, 15) is 4.79 Å². The van der Waals surface area contributed by atoms with Gasteiger partial charge in [-0.25, -0.2) is 0 Å². The van der Waals surface area contributed by atoms with Crippen molar-refractivity contribution >= 4 is 5.97 Å². The number of hydrogen-bond donors (Lipinski definition) is 0. The summed E-state index contributed by atoms with van der Waals surface area (Å²) in [5, 5.41) is 0. The molecule has 2 aliphatic rings. The van der Waals surface area contributed by atoms with Crippen LogP contribution in [0.4, 0.5) is 0 Å². The summed E-state index contributed by atoms with van der Waals surface area (Å²) in [5.74, 6) is 0.331. The van der Waals surface area contributed by atoms with E-state index in [-0.39, 0.29) is 23.0 Å². The molecule has 0 aromatic carbocycles. The first-order valence-electron chi connectivity index (χ1n) is 4.31. The molecule has 0 heterocycles. The van der Waals surface area contributed by atoms with Crippen molar-refractivity contribution in [3.05, 3.63) is 63.7 Å². The molecular formula is C12H12FeO2. The third-order valence-corrected chi connectivity index (χ3v) is 1.64. The van der Waals surface area contributed by atoms with Gasteiger partial charge in [-0.1, -0.05) is 0 Å². The van der Waals surface area contributed by atoms with E-state index in [1.54, 1.807) is 25.7 Å². The van der Waals surface area contributed by atoms with E-state index in [1.807, 2.05) is 32.1 Å². The van der Waals surface area contributed by atoms with Crippen molar-refractivity contribution in [1.82, 2.24) is 0 Å². The van der Waals surface area contributed by atoms with Crippen LogP contribution in [-0.4, -0.2) is 13.1 Å². The van der Waals surface area contributed by atoms with Crippen LogP contribution in [0.2, 0.25) is 0 Å². The molecule has 0 aromatic heterocycles. The second-order valence-corrected chi connectivity index (χ2v) is 2.63. The molecule has 0 spiro atoms. The average Bonchev–Trinajstić information content (AvgIpc) is 2.91. The molecule has 0 aromatic rings. The van der Waals surface area contributed by atoms with E-state index in [0.29, 0.717) is 5.92 Å². The van der Waals surface area contributed by atoms with Gasteiger partial charge in [0.05, 0.1) is 13.0 Å². The van der Waals surface area contributed by atoms with E-state index in [4.69, 9.17) is 0 Å². The minimum Gasteiger partial charge on any atom is -0.469 e. The zero-order valence-corrected chi connectivity index (χ0v) is 9.47. The van der Waals surface area contributed by atoms with E-state index < -0.39 is 0 Å². The Hall–Kier alpha value is -0.0105. The monoisotopic (exact) mass is 244 g/mol. The largest absolute Gasteiger partial charge is 0.469 e. The van der Waals surface area contributed by atoms with Gasteiger partial charge in [0, 0.05) is 17.1 Å². The summed E-state index contributed by atoms with van der Waals surface area (Å²) < 4.78 is 4.46. The van der Waals surface area contributed by atoms with Crippen LogP contribution in [0.5, 0.6) is 0 Å². The number of ether oxygens (including phenoxy) is 1. The fourth-order valence-electron chi connectivity index (χ4n) is 0.949. The Morgan fingerprint density at radius 3 is 1.67 bits per heavy atom. The molecule has 2 fully saturated rings. The van der Waals surface area contributed by atoms with Crippen molar-refractivity contribution in [1.29, 1.82) is 0 Å². The summed E-state index contributed by atoms with van der Waals surface area (Å²) in [6, 6.07) is 0. The zero-order chi connectivity index (χ0) is 10.2. The fourth-order valence-corrected chi connectivity index (χ4v) is 0.949. The molecule has 0 aliphatic heterocycles. The second kappa shape index (κ2) is 9.23. The summed E-state index contributed by atoms with van der Waals surface area (Å²) in [6.45, 7) is 0. The Labute approximate surface area is 104 Å². The zero-order valence-electron chi connectivity index (χ0n) is 8.37. The topological polar surface area (TPSA) is 26.3 Å². The maximum Gasteiger partial charge on any atom is 0.313 e. The van der Waals surface area contributed by atoms with Crippen LogP contribution in [0.15, 0.2) is 0 Å². The summed E-state index contributed by atoms with van der Waals surface area (Å²) >= 11 is 0. The molecule has 2 nitrogen and oxygen atoms in total. The Balaban J connectivity index is 0.000000280. The number of carbonyl (C=O) groups excluding carboxylic acids is 1. The molecule has 0 amide bonds. The molecule has 10 radical (unpaired) electrons. The predicted octanol–water partition coefficient (Wildman–Crippen LogP) is 1.58. The van der Waals surface area contributed by atoms with Gasteiger partial charge in [-0.3, -0.25) is 4.79 Å². The molecule has 0 unspecified atom stereocenters. The van der Waals surface area contributed by atoms with Crippen LogP contribution in [-0.2, 0) is 26.6 Å². The molecule has 0 bridgehead atoms. The summed E-state index contributed by atoms with van der Waals surface area (Å²) in [4.78, 5) is 10.7. The van der Waals surface area contributed by atoms with Gasteiger partial charge in [-0.05, 0) is 57.8 Å². The summed E-state index contributed by atoms with van der Waals surface area (Å²) in [6.07, 6.45) is 17.0. The first kappa shape index (κ1) is 15.0. The van der Waals surface area contributed by atoms with Gasteiger partial charge in [-0.15, -0.1) is 0 Å². The van der Waals surface area contributed by atoms with Crippen molar-refractivity contribution in [2.24, 2.45) is 0 Å². The average molecular weight is 244 g/mol. The third kappa shape index (κ3) is 6.21. The molecular weight excluding hydrogens is 232 g/mol. The van der Waals surface area contributed by atoms with Crippen LogP contribution >= 0.6 is 0 Å². The van der Waals surface area contributed by atoms with Crippen LogP contribution in [0, 0.1) is 63.7 Å². The van der Waals surface area contributed by atoms with Gasteiger partial charge < -0.3 is 4.74 Å². The quantitative estimate of drug-likeness (QED) is 0.517. The van der Waals surface area contributed by atoms with E-state index in [1.165, 1.54) is 7.11 Å². The van der Waals surface area contributed by atoms with E-state index in [0.717, 1.165) is 0 Å². The minimum atomic E-state index is -0.278. The Kier molecular flexibility index (Phi) is 9.23. The van der Waals surface area contributed by atoms with Crippen molar-refractivity contribution in [3.63, 3.8) is 0 Å². The maximum atomic E-state index is 10.7. The van der Waals surface area contributed by atoms with Crippen LogP contribution < -0.4 is 0 Å². The van der Waals surface area contributed by atoms with Crippen LogP contribution in [0.25, 0.3) is 0 Å². The summed E-state index contributed by atoms with van der Waals surface area (Å²) in [7, 11) is 1.37. The normalized spacial score (nSPS) is 20.1. The SMILES string of the molecule is COC(=O)[C]1[CH][CH][CH][CH]1.[CH]1[CH][CH][CH][CH]1.[Fe]. The first-order valence-corrected chi connectivity index (χ1v) is 4.31. The molecule has 0 saturated heterocycles. The smallest absolute Gasteiger partial charge is 0.313 e. The molecule has 80 valence electrons. The Bertz CT molecular complexity index is 153. The number of rotatable bonds is 1. The third-order valence-electron chi connectivity index (χ3n) is 1.64. The van der Waals surface area contributed by atoms with Crippen molar-refractivity contribution < 1.29 is 26.6 Å². The summed E-state index contributed by atoms with van der Waals surface area (Å²) in [5.41, 5.74) is 0. The molecule has 15 heavy (non-hydrogen) atoms. The number of hydrogen-bond acceptors (Lipinski definition) is 2. The maximum absolute atomic E-state index is 10.7. The van der Waals surface area contributed by atoms with Gasteiger partial charge >= 0.3 is 5.97 Å². The van der Waals surface area contributed by atoms with Gasteiger partial charge in [0.1, 0.15) is 0 Å². The Morgan fingerprint density at radius 2 is 1.33 bits per heavy atom. The molecule has 3 heteroatoms. The van der Waals surface area contributed by atoms with Gasteiger partial charge in [0.25, 0.3) is 0 Å². The fraction of sp³-hybridized carbons (Fsp3) is 0.0833. The second-order valence-electron chi connectivity index (χ2n) is 2.63. The molecule has 2 aliphatic carbocycles. The molecule has 2 rings (SSSR count). The predicted molar refractivity (Wildman–Crippen MR) is 54.0 cm³/mol. The first-order chi connectivity index (χ1) is 6.84. The number of methoxy groups -OCH3 is 1.